The third kappa shape index (κ3) is 2.40. The van der Waals surface area contributed by atoms with Gasteiger partial charge in [0.25, 0.3) is 5.91 Å². The van der Waals surface area contributed by atoms with Crippen LogP contribution in [-0.4, -0.2) is 20.9 Å². The molecule has 1 aliphatic rings. The van der Waals surface area contributed by atoms with E-state index < -0.39 is 5.91 Å². The number of carbonyl (C=O) groups is 1. The third-order valence-corrected chi connectivity index (χ3v) is 3.57. The average molecular weight is 250 g/mol. The summed E-state index contributed by atoms with van der Waals surface area (Å²) < 4.78 is 1.88. The molecule has 0 radical (unpaired) electrons. The number of rotatable bonds is 2. The third-order valence-electron chi connectivity index (χ3n) is 3.57. The molecule has 5 heteroatoms. The number of nitrogens with zero attached hydrogens (tertiary/aromatic N) is 3. The van der Waals surface area contributed by atoms with Gasteiger partial charge in [-0.1, -0.05) is 24.5 Å². The molecule has 2 rings (SSSR count). The Morgan fingerprint density at radius 3 is 2.39 bits per heavy atom. The Labute approximate surface area is 108 Å². The lowest BCUT2D eigenvalue weighted by Gasteiger charge is -2.28. The largest absolute Gasteiger partial charge is 0.364 e. The van der Waals surface area contributed by atoms with Gasteiger partial charge in [0, 0.05) is 5.92 Å². The number of primary amides is 1. The van der Waals surface area contributed by atoms with Gasteiger partial charge in [-0.2, -0.15) is 0 Å². The molecule has 0 saturated heterocycles. The molecule has 100 valence electrons. The molecule has 1 aliphatic carbocycles. The molecule has 0 unspecified atom stereocenters. The number of nitrogens with two attached hydrogens (primary N) is 1. The Bertz CT molecular complexity index is 438. The van der Waals surface area contributed by atoms with E-state index in [0.29, 0.717) is 11.6 Å². The van der Waals surface area contributed by atoms with Crippen molar-refractivity contribution in [3.05, 3.63) is 11.4 Å². The maximum atomic E-state index is 11.5. The van der Waals surface area contributed by atoms with Crippen LogP contribution in [0, 0.1) is 0 Å². The van der Waals surface area contributed by atoms with Crippen LogP contribution in [0.3, 0.4) is 0 Å². The molecule has 0 aliphatic heterocycles. The first-order valence-corrected chi connectivity index (χ1v) is 6.67. The SMILES string of the molecule is CC(C)(C)n1nnc(C(N)=O)c1C1CCCCC1. The van der Waals surface area contributed by atoms with Crippen molar-refractivity contribution in [2.45, 2.75) is 64.3 Å². The van der Waals surface area contributed by atoms with Gasteiger partial charge in [0.2, 0.25) is 0 Å². The summed E-state index contributed by atoms with van der Waals surface area (Å²) in [6.45, 7) is 6.20. The van der Waals surface area contributed by atoms with Crippen LogP contribution >= 0.6 is 0 Å². The van der Waals surface area contributed by atoms with Crippen molar-refractivity contribution in [2.75, 3.05) is 0 Å². The number of hydrogen-bond donors (Lipinski definition) is 1. The average Bonchev–Trinajstić information content (AvgIpc) is 2.74. The second-order valence-electron chi connectivity index (χ2n) is 6.11. The maximum absolute atomic E-state index is 11.5. The second kappa shape index (κ2) is 4.71. The topological polar surface area (TPSA) is 73.8 Å². The van der Waals surface area contributed by atoms with E-state index in [1.807, 2.05) is 4.68 Å². The van der Waals surface area contributed by atoms with Crippen LogP contribution in [0.1, 0.15) is 75.0 Å². The summed E-state index contributed by atoms with van der Waals surface area (Å²) in [6, 6.07) is 0. The lowest BCUT2D eigenvalue weighted by atomic mass is 9.85. The van der Waals surface area contributed by atoms with E-state index in [-0.39, 0.29) is 5.54 Å². The van der Waals surface area contributed by atoms with Crippen molar-refractivity contribution in [1.82, 2.24) is 15.0 Å². The minimum Gasteiger partial charge on any atom is -0.364 e. The quantitative estimate of drug-likeness (QED) is 0.874. The summed E-state index contributed by atoms with van der Waals surface area (Å²) in [5.41, 5.74) is 6.55. The molecule has 0 atom stereocenters. The van der Waals surface area contributed by atoms with Gasteiger partial charge in [-0.3, -0.25) is 4.79 Å². The van der Waals surface area contributed by atoms with Crippen molar-refractivity contribution < 1.29 is 4.79 Å². The van der Waals surface area contributed by atoms with Crippen molar-refractivity contribution in [1.29, 1.82) is 0 Å². The Morgan fingerprint density at radius 2 is 1.89 bits per heavy atom. The summed E-state index contributed by atoms with van der Waals surface area (Å²) in [6.07, 6.45) is 5.89. The molecule has 18 heavy (non-hydrogen) atoms. The van der Waals surface area contributed by atoms with E-state index in [9.17, 15) is 4.79 Å². The van der Waals surface area contributed by atoms with Gasteiger partial charge in [-0.15, -0.1) is 5.10 Å². The summed E-state index contributed by atoms with van der Waals surface area (Å²) in [5, 5.41) is 8.15. The minimum atomic E-state index is -0.467. The molecular weight excluding hydrogens is 228 g/mol. The van der Waals surface area contributed by atoms with Crippen molar-refractivity contribution >= 4 is 5.91 Å². The first-order valence-electron chi connectivity index (χ1n) is 6.67. The predicted octanol–water partition coefficient (Wildman–Crippen LogP) is 2.18. The van der Waals surface area contributed by atoms with Gasteiger partial charge in [0.05, 0.1) is 11.2 Å². The van der Waals surface area contributed by atoms with Gasteiger partial charge >= 0.3 is 0 Å². The highest BCUT2D eigenvalue weighted by molar-refractivity contribution is 5.92. The van der Waals surface area contributed by atoms with Gasteiger partial charge in [0.1, 0.15) is 0 Å². The molecule has 1 heterocycles. The molecule has 1 fully saturated rings. The van der Waals surface area contributed by atoms with E-state index in [1.165, 1.54) is 19.3 Å². The normalized spacial score (nSPS) is 17.9. The molecule has 0 spiro atoms. The number of hydrogen-bond acceptors (Lipinski definition) is 3. The molecule has 1 saturated carbocycles. The van der Waals surface area contributed by atoms with E-state index in [0.717, 1.165) is 18.5 Å². The van der Waals surface area contributed by atoms with Gasteiger partial charge in [-0.25, -0.2) is 4.68 Å². The zero-order chi connectivity index (χ0) is 13.3. The fraction of sp³-hybridized carbons (Fsp3) is 0.769. The monoisotopic (exact) mass is 250 g/mol. The summed E-state index contributed by atoms with van der Waals surface area (Å²) in [7, 11) is 0. The zero-order valence-electron chi connectivity index (χ0n) is 11.4. The van der Waals surface area contributed by atoms with Crippen molar-refractivity contribution in [2.24, 2.45) is 5.73 Å². The van der Waals surface area contributed by atoms with Gasteiger partial charge < -0.3 is 5.73 Å². The van der Waals surface area contributed by atoms with Crippen molar-refractivity contribution in [3.8, 4) is 0 Å². The summed E-state index contributed by atoms with van der Waals surface area (Å²) in [4.78, 5) is 11.5. The zero-order valence-corrected chi connectivity index (χ0v) is 11.4. The molecule has 5 nitrogen and oxygen atoms in total. The molecule has 1 amide bonds. The smallest absolute Gasteiger partial charge is 0.271 e. The molecule has 1 aromatic rings. The Balaban J connectivity index is 2.46. The Morgan fingerprint density at radius 1 is 1.28 bits per heavy atom. The highest BCUT2D eigenvalue weighted by Gasteiger charge is 2.30. The van der Waals surface area contributed by atoms with Gasteiger partial charge in [0.15, 0.2) is 5.69 Å². The first kappa shape index (κ1) is 13.1. The number of amides is 1. The van der Waals surface area contributed by atoms with Crippen LogP contribution in [0.5, 0.6) is 0 Å². The number of aromatic nitrogens is 3. The highest BCUT2D eigenvalue weighted by atomic mass is 16.1. The Kier molecular flexibility index (Phi) is 3.41. The fourth-order valence-electron chi connectivity index (χ4n) is 2.70. The first-order chi connectivity index (χ1) is 8.41. The van der Waals surface area contributed by atoms with E-state index in [2.05, 4.69) is 31.1 Å². The van der Waals surface area contributed by atoms with Crippen LogP contribution in [0.15, 0.2) is 0 Å². The van der Waals surface area contributed by atoms with Crippen LogP contribution < -0.4 is 5.73 Å². The Hall–Kier alpha value is -1.39. The highest BCUT2D eigenvalue weighted by Crippen LogP contribution is 2.35. The van der Waals surface area contributed by atoms with Crippen molar-refractivity contribution in [3.63, 3.8) is 0 Å². The lowest BCUT2D eigenvalue weighted by Crippen LogP contribution is -2.28. The second-order valence-corrected chi connectivity index (χ2v) is 6.11. The molecule has 1 aromatic heterocycles. The predicted molar refractivity (Wildman–Crippen MR) is 69.4 cm³/mol. The molecule has 2 N–H and O–H groups in total. The van der Waals surface area contributed by atoms with Crippen LogP contribution in [0.2, 0.25) is 0 Å². The fourth-order valence-corrected chi connectivity index (χ4v) is 2.70. The number of carbonyl (C=O) groups excluding carboxylic acids is 1. The van der Waals surface area contributed by atoms with Gasteiger partial charge in [-0.05, 0) is 33.6 Å². The molecular formula is C13H22N4O. The lowest BCUT2D eigenvalue weighted by molar-refractivity contribution is 0.0993. The minimum absolute atomic E-state index is 0.173. The van der Waals surface area contributed by atoms with Crippen LogP contribution in [0.25, 0.3) is 0 Å². The summed E-state index contributed by atoms with van der Waals surface area (Å²) >= 11 is 0. The van der Waals surface area contributed by atoms with E-state index >= 15 is 0 Å². The molecule has 0 bridgehead atoms. The van der Waals surface area contributed by atoms with Crippen LogP contribution in [-0.2, 0) is 5.54 Å². The molecule has 0 aromatic carbocycles. The summed E-state index contributed by atoms with van der Waals surface area (Å²) in [5.74, 6) is -0.0958. The standard InChI is InChI=1S/C13H22N4O/c1-13(2,3)17-11(9-7-5-4-6-8-9)10(12(14)18)15-16-17/h9H,4-8H2,1-3H3,(H2,14,18). The van der Waals surface area contributed by atoms with E-state index in [4.69, 9.17) is 5.73 Å². The van der Waals surface area contributed by atoms with E-state index in [1.54, 1.807) is 0 Å². The van der Waals surface area contributed by atoms with Crippen LogP contribution in [0.4, 0.5) is 0 Å². The maximum Gasteiger partial charge on any atom is 0.271 e.